The minimum absolute atomic E-state index is 0.0601. The summed E-state index contributed by atoms with van der Waals surface area (Å²) in [6.07, 6.45) is 2.79. The zero-order valence-electron chi connectivity index (χ0n) is 11.2. The van der Waals surface area contributed by atoms with E-state index in [0.717, 1.165) is 42.4 Å². The van der Waals surface area contributed by atoms with Crippen LogP contribution in [0.5, 0.6) is 0 Å². The fraction of sp³-hybridized carbons (Fsp3) is 0.533. The molecule has 0 aromatic heterocycles. The van der Waals surface area contributed by atoms with E-state index in [9.17, 15) is 4.79 Å². The number of hydrogen-bond donors (Lipinski definition) is 1. The highest BCUT2D eigenvalue weighted by atomic mass is 79.9. The van der Waals surface area contributed by atoms with Gasteiger partial charge in [0, 0.05) is 16.6 Å². The predicted octanol–water partition coefficient (Wildman–Crippen LogP) is 3.27. The van der Waals surface area contributed by atoms with Crippen LogP contribution in [0.2, 0.25) is 0 Å². The summed E-state index contributed by atoms with van der Waals surface area (Å²) < 4.78 is 6.52. The highest BCUT2D eigenvalue weighted by Crippen LogP contribution is 2.33. The van der Waals surface area contributed by atoms with Crippen LogP contribution in [0, 0.1) is 5.41 Å². The van der Waals surface area contributed by atoms with Gasteiger partial charge in [0.15, 0.2) is 0 Å². The van der Waals surface area contributed by atoms with E-state index in [1.807, 2.05) is 24.3 Å². The zero-order valence-corrected chi connectivity index (χ0v) is 12.8. The highest BCUT2D eigenvalue weighted by molar-refractivity contribution is 9.10. The quantitative estimate of drug-likeness (QED) is 0.844. The topological polar surface area (TPSA) is 38.3 Å². The fourth-order valence-corrected chi connectivity index (χ4v) is 3.02. The van der Waals surface area contributed by atoms with Crippen molar-refractivity contribution >= 4 is 21.9 Å². The maximum atomic E-state index is 12.4. The predicted molar refractivity (Wildman–Crippen MR) is 78.8 cm³/mol. The number of benzene rings is 1. The van der Waals surface area contributed by atoms with Crippen LogP contribution < -0.4 is 5.32 Å². The molecule has 104 valence electrons. The minimum atomic E-state index is -0.310. The molecule has 1 aromatic carbocycles. The van der Waals surface area contributed by atoms with Crippen molar-refractivity contribution in [2.45, 2.75) is 32.8 Å². The van der Waals surface area contributed by atoms with E-state index in [-0.39, 0.29) is 11.4 Å². The maximum Gasteiger partial charge on any atom is 0.313 e. The third kappa shape index (κ3) is 3.37. The number of carbonyl (C=O) groups excluding carboxylic acids is 1. The largest absolute Gasteiger partial charge is 0.460 e. The van der Waals surface area contributed by atoms with Crippen LogP contribution in [0.15, 0.2) is 28.7 Å². The molecule has 2 rings (SSSR count). The normalized spacial score (nSPS) is 22.4. The minimum Gasteiger partial charge on any atom is -0.460 e. The molecule has 1 aliphatic rings. The molecule has 4 heteroatoms. The second-order valence-corrected chi connectivity index (χ2v) is 5.98. The molecule has 0 spiro atoms. The van der Waals surface area contributed by atoms with E-state index in [1.165, 1.54) is 0 Å². The fourth-order valence-electron chi connectivity index (χ4n) is 2.62. The number of esters is 1. The van der Waals surface area contributed by atoms with Crippen molar-refractivity contribution in [2.75, 3.05) is 13.1 Å². The molecule has 1 fully saturated rings. The van der Waals surface area contributed by atoms with Crippen LogP contribution in [0.4, 0.5) is 0 Å². The molecule has 0 radical (unpaired) electrons. The first kappa shape index (κ1) is 14.5. The summed E-state index contributed by atoms with van der Waals surface area (Å²) in [6, 6.07) is 7.83. The van der Waals surface area contributed by atoms with Gasteiger partial charge in [-0.05, 0) is 25.5 Å². The standard InChI is InChI=1S/C15H20BrNO2/c1-2-7-15(8-9-17-11-15)14(18)19-10-12-5-3-4-6-13(12)16/h3-6,17H,2,7-11H2,1H3. The molecule has 0 saturated carbocycles. The number of ether oxygens (including phenoxy) is 1. The van der Waals surface area contributed by atoms with Crippen LogP contribution in [0.25, 0.3) is 0 Å². The summed E-state index contributed by atoms with van der Waals surface area (Å²) >= 11 is 3.47. The first-order chi connectivity index (χ1) is 9.18. The summed E-state index contributed by atoms with van der Waals surface area (Å²) in [5, 5.41) is 3.28. The van der Waals surface area contributed by atoms with E-state index >= 15 is 0 Å². The monoisotopic (exact) mass is 325 g/mol. The van der Waals surface area contributed by atoms with Crippen molar-refractivity contribution < 1.29 is 9.53 Å². The van der Waals surface area contributed by atoms with Gasteiger partial charge in [0.25, 0.3) is 0 Å². The Morgan fingerprint density at radius 2 is 2.26 bits per heavy atom. The van der Waals surface area contributed by atoms with Crippen molar-refractivity contribution in [3.05, 3.63) is 34.3 Å². The van der Waals surface area contributed by atoms with Gasteiger partial charge in [-0.2, -0.15) is 0 Å². The van der Waals surface area contributed by atoms with Gasteiger partial charge in [0.2, 0.25) is 0 Å². The lowest BCUT2D eigenvalue weighted by molar-refractivity contribution is -0.156. The van der Waals surface area contributed by atoms with Crippen LogP contribution in [-0.2, 0) is 16.1 Å². The summed E-state index contributed by atoms with van der Waals surface area (Å²) in [6.45, 7) is 4.10. The molecular formula is C15H20BrNO2. The number of rotatable bonds is 5. The Bertz CT molecular complexity index is 442. The van der Waals surface area contributed by atoms with Crippen LogP contribution >= 0.6 is 15.9 Å². The van der Waals surface area contributed by atoms with Gasteiger partial charge in [-0.3, -0.25) is 4.79 Å². The van der Waals surface area contributed by atoms with Gasteiger partial charge in [-0.25, -0.2) is 0 Å². The summed E-state index contributed by atoms with van der Waals surface area (Å²) in [4.78, 5) is 12.4. The number of carbonyl (C=O) groups is 1. The van der Waals surface area contributed by atoms with E-state index in [1.54, 1.807) is 0 Å². The van der Waals surface area contributed by atoms with Crippen LogP contribution in [-0.4, -0.2) is 19.1 Å². The third-order valence-electron chi connectivity index (χ3n) is 3.72. The zero-order chi connectivity index (χ0) is 13.7. The van der Waals surface area contributed by atoms with Crippen LogP contribution in [0.3, 0.4) is 0 Å². The number of nitrogens with one attached hydrogen (secondary N) is 1. The molecule has 1 aliphatic heterocycles. The van der Waals surface area contributed by atoms with Crippen molar-refractivity contribution in [2.24, 2.45) is 5.41 Å². The second-order valence-electron chi connectivity index (χ2n) is 5.12. The van der Waals surface area contributed by atoms with Crippen molar-refractivity contribution in [3.8, 4) is 0 Å². The van der Waals surface area contributed by atoms with Gasteiger partial charge in [-0.1, -0.05) is 47.5 Å². The van der Waals surface area contributed by atoms with Gasteiger partial charge >= 0.3 is 5.97 Å². The third-order valence-corrected chi connectivity index (χ3v) is 4.50. The molecule has 0 bridgehead atoms. The van der Waals surface area contributed by atoms with Crippen molar-refractivity contribution in [3.63, 3.8) is 0 Å². The molecule has 1 atom stereocenters. The Balaban J connectivity index is 1.98. The first-order valence-electron chi connectivity index (χ1n) is 6.79. The average molecular weight is 326 g/mol. The van der Waals surface area contributed by atoms with Crippen molar-refractivity contribution in [1.29, 1.82) is 0 Å². The van der Waals surface area contributed by atoms with E-state index in [2.05, 4.69) is 28.2 Å². The molecular weight excluding hydrogens is 306 g/mol. The molecule has 19 heavy (non-hydrogen) atoms. The molecule has 1 N–H and O–H groups in total. The molecule has 0 aliphatic carbocycles. The van der Waals surface area contributed by atoms with Gasteiger partial charge in [-0.15, -0.1) is 0 Å². The van der Waals surface area contributed by atoms with Crippen molar-refractivity contribution in [1.82, 2.24) is 5.32 Å². The summed E-state index contributed by atoms with van der Waals surface area (Å²) in [5.41, 5.74) is 0.698. The molecule has 0 amide bonds. The number of hydrogen-bond acceptors (Lipinski definition) is 3. The highest BCUT2D eigenvalue weighted by Gasteiger charge is 2.41. The first-order valence-corrected chi connectivity index (χ1v) is 7.58. The smallest absolute Gasteiger partial charge is 0.313 e. The Morgan fingerprint density at radius 1 is 1.47 bits per heavy atom. The van der Waals surface area contributed by atoms with Crippen LogP contribution in [0.1, 0.15) is 31.7 Å². The van der Waals surface area contributed by atoms with Gasteiger partial charge in [0.1, 0.15) is 6.61 Å². The molecule has 1 unspecified atom stereocenters. The Kier molecular flexibility index (Phi) is 4.99. The Morgan fingerprint density at radius 3 is 2.89 bits per heavy atom. The number of halogens is 1. The van der Waals surface area contributed by atoms with Gasteiger partial charge < -0.3 is 10.1 Å². The second kappa shape index (κ2) is 6.53. The summed E-state index contributed by atoms with van der Waals surface area (Å²) in [5.74, 6) is -0.0601. The molecule has 1 heterocycles. The lowest BCUT2D eigenvalue weighted by Gasteiger charge is -2.25. The van der Waals surface area contributed by atoms with E-state index in [4.69, 9.17) is 4.74 Å². The lowest BCUT2D eigenvalue weighted by Crippen LogP contribution is -2.35. The lowest BCUT2D eigenvalue weighted by atomic mass is 9.82. The Hall–Kier alpha value is -0.870. The van der Waals surface area contributed by atoms with Gasteiger partial charge in [0.05, 0.1) is 5.41 Å². The van der Waals surface area contributed by atoms with E-state index < -0.39 is 0 Å². The maximum absolute atomic E-state index is 12.4. The SMILES string of the molecule is CCCC1(C(=O)OCc2ccccc2Br)CCNC1. The van der Waals surface area contributed by atoms with E-state index in [0.29, 0.717) is 6.61 Å². The molecule has 1 aromatic rings. The summed E-state index contributed by atoms with van der Waals surface area (Å²) in [7, 11) is 0. The average Bonchev–Trinajstić information content (AvgIpc) is 2.88. The molecule has 1 saturated heterocycles. The molecule has 3 nitrogen and oxygen atoms in total. The Labute approximate surface area is 122 Å².